The molecule has 0 bridgehead atoms. The number of piperidine rings is 1. The fourth-order valence-corrected chi connectivity index (χ4v) is 3.34. The Kier molecular flexibility index (Phi) is 3.97. The van der Waals surface area contributed by atoms with Crippen LogP contribution in [0, 0.1) is 5.92 Å². The molecule has 1 saturated heterocycles. The molecule has 0 amide bonds. The maximum absolute atomic E-state index is 12.0. The second-order valence-corrected chi connectivity index (χ2v) is 5.92. The lowest BCUT2D eigenvalue weighted by Gasteiger charge is -2.30. The van der Waals surface area contributed by atoms with Gasteiger partial charge in [-0.3, -0.25) is 10.1 Å². The summed E-state index contributed by atoms with van der Waals surface area (Å²) in [5.41, 5.74) is 1.23. The van der Waals surface area contributed by atoms with Gasteiger partial charge in [0.2, 0.25) is 0 Å². The van der Waals surface area contributed by atoms with Crippen LogP contribution >= 0.6 is 22.6 Å². The van der Waals surface area contributed by atoms with Gasteiger partial charge in [-0.15, -0.1) is 0 Å². The molecule has 1 N–H and O–H groups in total. The SMILES string of the molecule is CC1CC(I)NC(Cc2ccccc2)C1=O. The first-order chi connectivity index (χ1) is 7.66. The molecule has 86 valence electrons. The molecule has 1 aromatic rings. The molecule has 0 spiro atoms. The number of hydrogen-bond acceptors (Lipinski definition) is 2. The van der Waals surface area contributed by atoms with Crippen LogP contribution in [0.15, 0.2) is 30.3 Å². The molecule has 1 aromatic carbocycles. The third kappa shape index (κ3) is 2.83. The van der Waals surface area contributed by atoms with E-state index in [1.165, 1.54) is 5.56 Å². The van der Waals surface area contributed by atoms with Crippen molar-refractivity contribution in [3.8, 4) is 0 Å². The molecule has 3 heteroatoms. The van der Waals surface area contributed by atoms with Crippen molar-refractivity contribution in [3.63, 3.8) is 0 Å². The van der Waals surface area contributed by atoms with Crippen LogP contribution in [0.25, 0.3) is 0 Å². The molecule has 16 heavy (non-hydrogen) atoms. The minimum atomic E-state index is -0.00644. The summed E-state index contributed by atoms with van der Waals surface area (Å²) in [5, 5.41) is 3.38. The Labute approximate surface area is 110 Å². The maximum Gasteiger partial charge on any atom is 0.152 e. The Balaban J connectivity index is 2.06. The van der Waals surface area contributed by atoms with Crippen molar-refractivity contribution in [1.29, 1.82) is 0 Å². The van der Waals surface area contributed by atoms with E-state index in [0.29, 0.717) is 9.83 Å². The second kappa shape index (κ2) is 5.27. The number of carbonyl (C=O) groups is 1. The van der Waals surface area contributed by atoms with Crippen LogP contribution in [0.3, 0.4) is 0 Å². The number of hydrogen-bond donors (Lipinski definition) is 1. The summed E-state index contributed by atoms with van der Waals surface area (Å²) in [6.45, 7) is 2.03. The van der Waals surface area contributed by atoms with Crippen LogP contribution in [0.1, 0.15) is 18.9 Å². The van der Waals surface area contributed by atoms with Crippen LogP contribution in [-0.4, -0.2) is 15.9 Å². The standard InChI is InChI=1S/C13H16INO/c1-9-7-12(14)15-11(13(9)16)8-10-5-3-2-4-6-10/h2-6,9,11-12,15H,7-8H2,1H3. The second-order valence-electron chi connectivity index (χ2n) is 4.42. The predicted octanol–water partition coefficient (Wildman–Crippen LogP) is 2.56. The summed E-state index contributed by atoms with van der Waals surface area (Å²) in [4.78, 5) is 12.0. The normalized spacial score (nSPS) is 30.4. The van der Waals surface area contributed by atoms with Crippen molar-refractivity contribution in [2.75, 3.05) is 0 Å². The van der Waals surface area contributed by atoms with Gasteiger partial charge in [0.25, 0.3) is 0 Å². The molecule has 3 atom stereocenters. The van der Waals surface area contributed by atoms with Gasteiger partial charge in [-0.2, -0.15) is 0 Å². The lowest BCUT2D eigenvalue weighted by molar-refractivity contribution is -0.126. The summed E-state index contributed by atoms with van der Waals surface area (Å²) >= 11 is 2.38. The summed E-state index contributed by atoms with van der Waals surface area (Å²) in [5.74, 6) is 0.550. The lowest BCUT2D eigenvalue weighted by atomic mass is 9.89. The van der Waals surface area contributed by atoms with Crippen molar-refractivity contribution in [1.82, 2.24) is 5.32 Å². The molecule has 2 rings (SSSR count). The van der Waals surface area contributed by atoms with Gasteiger partial charge >= 0.3 is 0 Å². The summed E-state index contributed by atoms with van der Waals surface area (Å²) in [6, 6.07) is 10.2. The number of nitrogens with one attached hydrogen (secondary N) is 1. The third-order valence-electron chi connectivity index (χ3n) is 3.05. The van der Waals surface area contributed by atoms with E-state index < -0.39 is 0 Å². The molecule has 0 aromatic heterocycles. The third-order valence-corrected chi connectivity index (χ3v) is 3.92. The number of Topliss-reactive ketones (excluding diaryl/α,β-unsaturated/α-hetero) is 1. The zero-order valence-corrected chi connectivity index (χ0v) is 11.5. The van der Waals surface area contributed by atoms with E-state index >= 15 is 0 Å². The zero-order valence-electron chi connectivity index (χ0n) is 9.32. The van der Waals surface area contributed by atoms with Crippen molar-refractivity contribution in [3.05, 3.63) is 35.9 Å². The van der Waals surface area contributed by atoms with E-state index in [2.05, 4.69) is 40.0 Å². The number of ketones is 1. The molecule has 2 nitrogen and oxygen atoms in total. The van der Waals surface area contributed by atoms with Crippen molar-refractivity contribution in [2.45, 2.75) is 29.9 Å². The predicted molar refractivity (Wildman–Crippen MR) is 73.7 cm³/mol. The van der Waals surface area contributed by atoms with Gasteiger partial charge in [0.1, 0.15) is 0 Å². The van der Waals surface area contributed by atoms with E-state index in [-0.39, 0.29) is 12.0 Å². The van der Waals surface area contributed by atoms with Crippen LogP contribution in [0.5, 0.6) is 0 Å². The van der Waals surface area contributed by atoms with Crippen LogP contribution < -0.4 is 5.32 Å². The molecule has 1 aliphatic rings. The van der Waals surface area contributed by atoms with Gasteiger partial charge in [0, 0.05) is 5.92 Å². The lowest BCUT2D eigenvalue weighted by Crippen LogP contribution is -2.50. The van der Waals surface area contributed by atoms with Crippen LogP contribution in [0.2, 0.25) is 0 Å². The monoisotopic (exact) mass is 329 g/mol. The topological polar surface area (TPSA) is 29.1 Å². The summed E-state index contributed by atoms with van der Waals surface area (Å²) < 4.78 is 0.416. The van der Waals surface area contributed by atoms with Gasteiger partial charge in [-0.05, 0) is 18.4 Å². The molecule has 0 radical (unpaired) electrons. The van der Waals surface area contributed by atoms with Crippen molar-refractivity contribution in [2.24, 2.45) is 5.92 Å². The van der Waals surface area contributed by atoms with Gasteiger partial charge < -0.3 is 0 Å². The van der Waals surface area contributed by atoms with Crippen LogP contribution in [-0.2, 0) is 11.2 Å². The smallest absolute Gasteiger partial charge is 0.152 e. The minimum absolute atomic E-state index is 0.00644. The highest BCUT2D eigenvalue weighted by atomic mass is 127. The molecular weight excluding hydrogens is 313 g/mol. The van der Waals surface area contributed by atoms with Gasteiger partial charge in [0.05, 0.1) is 10.1 Å². The fourth-order valence-electron chi connectivity index (χ4n) is 2.15. The first-order valence-electron chi connectivity index (χ1n) is 5.64. The largest absolute Gasteiger partial charge is 0.298 e. The molecule has 3 unspecified atom stereocenters. The zero-order chi connectivity index (χ0) is 11.5. The first kappa shape index (κ1) is 12.0. The molecule has 1 fully saturated rings. The Bertz CT molecular complexity index is 365. The minimum Gasteiger partial charge on any atom is -0.298 e. The fraction of sp³-hybridized carbons (Fsp3) is 0.462. The molecule has 0 aliphatic carbocycles. The van der Waals surface area contributed by atoms with E-state index in [0.717, 1.165) is 12.8 Å². The number of halogens is 1. The highest BCUT2D eigenvalue weighted by molar-refractivity contribution is 14.1. The Hall–Kier alpha value is -0.420. The molecule has 1 aliphatic heterocycles. The quantitative estimate of drug-likeness (QED) is 0.513. The molecule has 1 heterocycles. The van der Waals surface area contributed by atoms with E-state index in [9.17, 15) is 4.79 Å². The average Bonchev–Trinajstić information content (AvgIpc) is 2.27. The van der Waals surface area contributed by atoms with E-state index in [1.807, 2.05) is 25.1 Å². The van der Waals surface area contributed by atoms with Crippen molar-refractivity contribution >= 4 is 28.4 Å². The number of alkyl halides is 1. The summed E-state index contributed by atoms with van der Waals surface area (Å²) in [7, 11) is 0. The number of rotatable bonds is 2. The Morgan fingerprint density at radius 3 is 2.75 bits per heavy atom. The highest BCUT2D eigenvalue weighted by Crippen LogP contribution is 2.22. The average molecular weight is 329 g/mol. The van der Waals surface area contributed by atoms with Gasteiger partial charge in [-0.25, -0.2) is 0 Å². The van der Waals surface area contributed by atoms with Gasteiger partial charge in [0.15, 0.2) is 5.78 Å². The maximum atomic E-state index is 12.0. The number of carbonyl (C=O) groups excluding carboxylic acids is 1. The van der Waals surface area contributed by atoms with Crippen LogP contribution in [0.4, 0.5) is 0 Å². The molecular formula is C13H16INO. The summed E-state index contributed by atoms with van der Waals surface area (Å²) in [6.07, 6.45) is 1.76. The van der Waals surface area contributed by atoms with Crippen molar-refractivity contribution < 1.29 is 4.79 Å². The Morgan fingerprint density at radius 1 is 1.38 bits per heavy atom. The molecule has 0 saturated carbocycles. The van der Waals surface area contributed by atoms with Gasteiger partial charge in [-0.1, -0.05) is 59.8 Å². The van der Waals surface area contributed by atoms with E-state index in [4.69, 9.17) is 0 Å². The first-order valence-corrected chi connectivity index (χ1v) is 6.89. The number of benzene rings is 1. The Morgan fingerprint density at radius 2 is 2.06 bits per heavy atom. The van der Waals surface area contributed by atoms with E-state index in [1.54, 1.807) is 0 Å². The highest BCUT2D eigenvalue weighted by Gasteiger charge is 2.31.